The van der Waals surface area contributed by atoms with Gasteiger partial charge >= 0.3 is 5.97 Å². The second-order valence-electron chi connectivity index (χ2n) is 4.01. The monoisotopic (exact) mass is 283 g/mol. The molecule has 86 valence electrons. The highest BCUT2D eigenvalue weighted by Crippen LogP contribution is 2.42. The normalized spacial score (nSPS) is 18.6. The maximum absolute atomic E-state index is 10.8. The number of carboxylic acid groups (broad SMARTS) is 1. The third kappa shape index (κ3) is 1.94. The predicted molar refractivity (Wildman–Crippen MR) is 67.0 cm³/mol. The SMILES string of the molecule is CCN1CC(CC(=O)O)c2c(Br)cccc21. The number of hydrogen-bond donors (Lipinski definition) is 1. The molecule has 1 atom stereocenters. The maximum atomic E-state index is 10.8. The van der Waals surface area contributed by atoms with Gasteiger partial charge in [-0.1, -0.05) is 22.0 Å². The van der Waals surface area contributed by atoms with E-state index < -0.39 is 5.97 Å². The number of fused-ring (bicyclic) bond motifs is 1. The molecule has 0 spiro atoms. The number of hydrogen-bond acceptors (Lipinski definition) is 2. The molecule has 1 aromatic carbocycles. The van der Waals surface area contributed by atoms with E-state index in [4.69, 9.17) is 5.11 Å². The smallest absolute Gasteiger partial charge is 0.304 e. The molecule has 0 fully saturated rings. The van der Waals surface area contributed by atoms with Crippen LogP contribution in [0.5, 0.6) is 0 Å². The van der Waals surface area contributed by atoms with E-state index in [2.05, 4.69) is 33.8 Å². The topological polar surface area (TPSA) is 40.5 Å². The van der Waals surface area contributed by atoms with Crippen molar-refractivity contribution >= 4 is 27.6 Å². The first-order valence-electron chi connectivity index (χ1n) is 5.38. The lowest BCUT2D eigenvalue weighted by atomic mass is 9.98. The minimum Gasteiger partial charge on any atom is -0.481 e. The van der Waals surface area contributed by atoms with Gasteiger partial charge in [0.15, 0.2) is 0 Å². The largest absolute Gasteiger partial charge is 0.481 e. The van der Waals surface area contributed by atoms with Crippen molar-refractivity contribution in [2.45, 2.75) is 19.3 Å². The van der Waals surface area contributed by atoms with Crippen LogP contribution in [0.4, 0.5) is 5.69 Å². The van der Waals surface area contributed by atoms with Crippen molar-refractivity contribution in [3.05, 3.63) is 28.2 Å². The fourth-order valence-electron chi connectivity index (χ4n) is 2.34. The average molecular weight is 284 g/mol. The minimum atomic E-state index is -0.732. The first kappa shape index (κ1) is 11.5. The van der Waals surface area contributed by atoms with Crippen LogP contribution >= 0.6 is 15.9 Å². The number of carbonyl (C=O) groups is 1. The van der Waals surface area contributed by atoms with Gasteiger partial charge in [0.1, 0.15) is 0 Å². The molecule has 1 aromatic rings. The molecule has 1 aliphatic rings. The van der Waals surface area contributed by atoms with E-state index in [0.717, 1.165) is 23.1 Å². The molecular weight excluding hydrogens is 270 g/mol. The molecule has 0 bridgehead atoms. The number of carboxylic acids is 1. The summed E-state index contributed by atoms with van der Waals surface area (Å²) in [5.41, 5.74) is 2.31. The quantitative estimate of drug-likeness (QED) is 0.927. The zero-order chi connectivity index (χ0) is 11.7. The summed E-state index contributed by atoms with van der Waals surface area (Å²) in [5, 5.41) is 8.92. The lowest BCUT2D eigenvalue weighted by Crippen LogP contribution is -2.21. The van der Waals surface area contributed by atoms with Crippen LogP contribution in [0.1, 0.15) is 24.8 Å². The fraction of sp³-hybridized carbons (Fsp3) is 0.417. The van der Waals surface area contributed by atoms with E-state index >= 15 is 0 Å². The first-order chi connectivity index (χ1) is 7.63. The second kappa shape index (κ2) is 4.45. The Hall–Kier alpha value is -1.03. The highest BCUT2D eigenvalue weighted by molar-refractivity contribution is 9.10. The highest BCUT2D eigenvalue weighted by Gasteiger charge is 2.30. The minimum absolute atomic E-state index is 0.100. The van der Waals surface area contributed by atoms with Crippen molar-refractivity contribution < 1.29 is 9.90 Å². The van der Waals surface area contributed by atoms with Gasteiger partial charge in [-0.3, -0.25) is 4.79 Å². The van der Waals surface area contributed by atoms with Gasteiger partial charge in [0.25, 0.3) is 0 Å². The van der Waals surface area contributed by atoms with Gasteiger partial charge in [-0.05, 0) is 24.6 Å². The van der Waals surface area contributed by atoms with Gasteiger partial charge in [0.2, 0.25) is 0 Å². The summed E-state index contributed by atoms with van der Waals surface area (Å²) >= 11 is 3.51. The van der Waals surface area contributed by atoms with Crippen LogP contribution in [0.15, 0.2) is 22.7 Å². The molecule has 3 nitrogen and oxygen atoms in total. The Labute approximate surface area is 103 Å². The van der Waals surface area contributed by atoms with Crippen molar-refractivity contribution in [3.8, 4) is 0 Å². The average Bonchev–Trinajstić information content (AvgIpc) is 2.57. The summed E-state index contributed by atoms with van der Waals surface area (Å²) in [4.78, 5) is 13.1. The molecule has 16 heavy (non-hydrogen) atoms. The molecule has 0 aliphatic carbocycles. The van der Waals surface area contributed by atoms with E-state index in [0.29, 0.717) is 0 Å². The number of likely N-dealkylation sites (N-methyl/N-ethyl adjacent to an activating group) is 1. The van der Waals surface area contributed by atoms with E-state index in [9.17, 15) is 4.79 Å². The Morgan fingerprint density at radius 3 is 3.00 bits per heavy atom. The zero-order valence-corrected chi connectivity index (χ0v) is 10.7. The molecule has 4 heteroatoms. The van der Waals surface area contributed by atoms with Crippen molar-refractivity contribution in [2.75, 3.05) is 18.0 Å². The van der Waals surface area contributed by atoms with Crippen molar-refractivity contribution in [1.82, 2.24) is 0 Å². The predicted octanol–water partition coefficient (Wildman–Crippen LogP) is 2.85. The van der Waals surface area contributed by atoms with Crippen LogP contribution in [0.3, 0.4) is 0 Å². The van der Waals surface area contributed by atoms with Crippen LogP contribution in [-0.4, -0.2) is 24.2 Å². The van der Waals surface area contributed by atoms with E-state index in [-0.39, 0.29) is 12.3 Å². The molecule has 2 rings (SSSR count). The van der Waals surface area contributed by atoms with Gasteiger partial charge in [-0.15, -0.1) is 0 Å². The molecule has 0 saturated heterocycles. The summed E-state index contributed by atoms with van der Waals surface area (Å²) in [6, 6.07) is 6.03. The van der Waals surface area contributed by atoms with Gasteiger partial charge < -0.3 is 10.0 Å². The van der Waals surface area contributed by atoms with Crippen molar-refractivity contribution in [2.24, 2.45) is 0 Å². The van der Waals surface area contributed by atoms with Crippen molar-refractivity contribution in [3.63, 3.8) is 0 Å². The van der Waals surface area contributed by atoms with Crippen LogP contribution in [-0.2, 0) is 4.79 Å². The Morgan fingerprint density at radius 2 is 2.38 bits per heavy atom. The molecule has 0 saturated carbocycles. The van der Waals surface area contributed by atoms with Crippen LogP contribution in [0, 0.1) is 0 Å². The second-order valence-corrected chi connectivity index (χ2v) is 4.86. The van der Waals surface area contributed by atoms with Gasteiger partial charge in [-0.25, -0.2) is 0 Å². The Morgan fingerprint density at radius 1 is 1.62 bits per heavy atom. The van der Waals surface area contributed by atoms with Gasteiger partial charge in [-0.2, -0.15) is 0 Å². The lowest BCUT2D eigenvalue weighted by molar-refractivity contribution is -0.137. The summed E-state index contributed by atoms with van der Waals surface area (Å²) in [7, 11) is 0. The molecule has 0 radical (unpaired) electrons. The Bertz CT molecular complexity index is 419. The number of halogens is 1. The van der Waals surface area contributed by atoms with Crippen LogP contribution < -0.4 is 4.90 Å². The molecule has 1 unspecified atom stereocenters. The van der Waals surface area contributed by atoms with Gasteiger partial charge in [0, 0.05) is 29.2 Å². The van der Waals surface area contributed by atoms with Crippen LogP contribution in [0.25, 0.3) is 0 Å². The third-order valence-electron chi connectivity index (χ3n) is 3.02. The number of anilines is 1. The van der Waals surface area contributed by atoms with Crippen LogP contribution in [0.2, 0.25) is 0 Å². The van der Waals surface area contributed by atoms with E-state index in [1.807, 2.05) is 12.1 Å². The van der Waals surface area contributed by atoms with E-state index in [1.54, 1.807) is 0 Å². The standard InChI is InChI=1S/C12H14BrNO2/c1-2-14-7-8(6-11(15)16)12-9(13)4-3-5-10(12)14/h3-5,8H,2,6-7H2,1H3,(H,15,16). The highest BCUT2D eigenvalue weighted by atomic mass is 79.9. The zero-order valence-electron chi connectivity index (χ0n) is 9.11. The fourth-order valence-corrected chi connectivity index (χ4v) is 3.02. The number of rotatable bonds is 3. The summed E-state index contributed by atoms with van der Waals surface area (Å²) in [5.74, 6) is -0.632. The molecule has 1 aliphatic heterocycles. The number of nitrogens with zero attached hydrogens (tertiary/aromatic N) is 1. The third-order valence-corrected chi connectivity index (χ3v) is 3.71. The number of benzene rings is 1. The summed E-state index contributed by atoms with van der Waals surface area (Å²) < 4.78 is 1.02. The molecule has 1 heterocycles. The van der Waals surface area contributed by atoms with Gasteiger partial charge in [0.05, 0.1) is 6.42 Å². The maximum Gasteiger partial charge on any atom is 0.304 e. The summed E-state index contributed by atoms with van der Waals surface area (Å²) in [6.07, 6.45) is 0.201. The lowest BCUT2D eigenvalue weighted by Gasteiger charge is -2.16. The molecule has 0 aromatic heterocycles. The Kier molecular flexibility index (Phi) is 3.19. The molecule has 1 N–H and O–H groups in total. The molecule has 0 amide bonds. The number of aliphatic carboxylic acids is 1. The molecular formula is C12H14BrNO2. The Balaban J connectivity index is 2.39. The van der Waals surface area contributed by atoms with E-state index in [1.165, 1.54) is 5.69 Å². The first-order valence-corrected chi connectivity index (χ1v) is 6.18. The van der Waals surface area contributed by atoms with Crippen molar-refractivity contribution in [1.29, 1.82) is 0 Å². The summed E-state index contributed by atoms with van der Waals surface area (Å²) in [6.45, 7) is 3.81.